The van der Waals surface area contributed by atoms with Crippen molar-refractivity contribution in [1.82, 2.24) is 9.78 Å². The smallest absolute Gasteiger partial charge is 0.256 e. The number of rotatable bonds is 4. The summed E-state index contributed by atoms with van der Waals surface area (Å²) in [5, 5.41) is 6.82. The Hall–Kier alpha value is -2.54. The van der Waals surface area contributed by atoms with Crippen molar-refractivity contribution in [3.05, 3.63) is 82.0 Å². The number of carbonyl (C=O) groups excluding carboxylic acids is 1. The lowest BCUT2D eigenvalue weighted by Crippen LogP contribution is -2.16. The molecule has 0 radical (unpaired) electrons. The van der Waals surface area contributed by atoms with E-state index in [0.717, 1.165) is 22.2 Å². The minimum atomic E-state index is -1.06. The van der Waals surface area contributed by atoms with Crippen molar-refractivity contribution in [2.24, 2.45) is 0 Å². The molecule has 122 valence electrons. The monoisotopic (exact) mass is 391 g/mol. The van der Waals surface area contributed by atoms with E-state index < -0.39 is 17.5 Å². The van der Waals surface area contributed by atoms with E-state index in [9.17, 15) is 13.6 Å². The van der Waals surface area contributed by atoms with Crippen LogP contribution in [0.2, 0.25) is 0 Å². The van der Waals surface area contributed by atoms with Gasteiger partial charge in [-0.1, -0.05) is 28.1 Å². The van der Waals surface area contributed by atoms with Gasteiger partial charge in [-0.15, -0.1) is 0 Å². The Labute approximate surface area is 145 Å². The van der Waals surface area contributed by atoms with E-state index in [2.05, 4.69) is 26.3 Å². The summed E-state index contributed by atoms with van der Waals surface area (Å²) in [5.41, 5.74) is 1.03. The lowest BCUT2D eigenvalue weighted by atomic mass is 10.2. The standard InChI is InChI=1S/C17H12BrF2N3O/c18-13-3-1-2-11(8-13)10-23-16(6-7-21-23)22-17(24)12-4-5-14(19)15(20)9-12/h1-9H,10H2,(H,22,24). The number of halogens is 3. The second kappa shape index (κ2) is 6.92. The fourth-order valence-electron chi connectivity index (χ4n) is 2.20. The number of anilines is 1. The fraction of sp³-hybridized carbons (Fsp3) is 0.0588. The molecule has 3 rings (SSSR count). The highest BCUT2D eigenvalue weighted by atomic mass is 79.9. The van der Waals surface area contributed by atoms with Crippen molar-refractivity contribution < 1.29 is 13.6 Å². The molecule has 24 heavy (non-hydrogen) atoms. The Morgan fingerprint density at radius 2 is 1.96 bits per heavy atom. The second-order valence-electron chi connectivity index (χ2n) is 5.09. The molecule has 0 aliphatic heterocycles. The zero-order chi connectivity index (χ0) is 17.1. The average Bonchev–Trinajstić information content (AvgIpc) is 2.97. The predicted molar refractivity (Wildman–Crippen MR) is 89.8 cm³/mol. The number of nitrogens with one attached hydrogen (secondary N) is 1. The first-order valence-electron chi connectivity index (χ1n) is 7.05. The van der Waals surface area contributed by atoms with E-state index in [0.29, 0.717) is 12.4 Å². The molecule has 0 fully saturated rings. The molecule has 1 amide bonds. The molecule has 0 unspecified atom stereocenters. The normalized spacial score (nSPS) is 10.6. The largest absolute Gasteiger partial charge is 0.307 e. The number of hydrogen-bond acceptors (Lipinski definition) is 2. The summed E-state index contributed by atoms with van der Waals surface area (Å²) in [4.78, 5) is 12.2. The predicted octanol–water partition coefficient (Wildman–Crippen LogP) is 4.22. The van der Waals surface area contributed by atoms with E-state index in [1.165, 1.54) is 6.07 Å². The van der Waals surface area contributed by atoms with Gasteiger partial charge in [0.2, 0.25) is 0 Å². The molecule has 1 heterocycles. The molecule has 0 aliphatic rings. The van der Waals surface area contributed by atoms with Crippen molar-refractivity contribution in [3.63, 3.8) is 0 Å². The molecule has 3 aromatic rings. The van der Waals surface area contributed by atoms with Gasteiger partial charge in [-0.25, -0.2) is 13.5 Å². The molecule has 1 N–H and O–H groups in total. The molecule has 0 atom stereocenters. The van der Waals surface area contributed by atoms with Crippen LogP contribution in [0.3, 0.4) is 0 Å². The SMILES string of the molecule is O=C(Nc1ccnn1Cc1cccc(Br)c1)c1ccc(F)c(F)c1. The highest BCUT2D eigenvalue weighted by Crippen LogP contribution is 2.16. The molecule has 0 saturated carbocycles. The van der Waals surface area contributed by atoms with Gasteiger partial charge in [-0.2, -0.15) is 5.10 Å². The van der Waals surface area contributed by atoms with Crippen molar-refractivity contribution in [3.8, 4) is 0 Å². The molecular weight excluding hydrogens is 380 g/mol. The van der Waals surface area contributed by atoms with Crippen LogP contribution in [-0.2, 0) is 6.54 Å². The summed E-state index contributed by atoms with van der Waals surface area (Å²) in [5.74, 6) is -2.13. The minimum absolute atomic E-state index is 0.0316. The Morgan fingerprint density at radius 1 is 1.12 bits per heavy atom. The number of nitrogens with zero attached hydrogens (tertiary/aromatic N) is 2. The van der Waals surface area contributed by atoms with Crippen LogP contribution in [0, 0.1) is 11.6 Å². The molecule has 1 aromatic heterocycles. The van der Waals surface area contributed by atoms with Crippen LogP contribution in [0.15, 0.2) is 59.2 Å². The molecule has 0 bridgehead atoms. The zero-order valence-electron chi connectivity index (χ0n) is 12.3. The van der Waals surface area contributed by atoms with Gasteiger partial charge in [0.05, 0.1) is 12.7 Å². The Balaban J connectivity index is 1.77. The molecule has 4 nitrogen and oxygen atoms in total. The van der Waals surface area contributed by atoms with Gasteiger partial charge in [0.25, 0.3) is 5.91 Å². The van der Waals surface area contributed by atoms with Crippen molar-refractivity contribution in [2.45, 2.75) is 6.54 Å². The third-order valence-electron chi connectivity index (χ3n) is 3.36. The maximum atomic E-state index is 13.2. The Morgan fingerprint density at radius 3 is 2.71 bits per heavy atom. The van der Waals surface area contributed by atoms with Crippen molar-refractivity contribution in [2.75, 3.05) is 5.32 Å². The zero-order valence-corrected chi connectivity index (χ0v) is 13.9. The van der Waals surface area contributed by atoms with Crippen molar-refractivity contribution >= 4 is 27.7 Å². The summed E-state index contributed by atoms with van der Waals surface area (Å²) in [7, 11) is 0. The minimum Gasteiger partial charge on any atom is -0.307 e. The van der Waals surface area contributed by atoms with Gasteiger partial charge >= 0.3 is 0 Å². The van der Waals surface area contributed by atoms with Gasteiger partial charge < -0.3 is 5.32 Å². The molecule has 0 spiro atoms. The quantitative estimate of drug-likeness (QED) is 0.723. The number of hydrogen-bond donors (Lipinski definition) is 1. The third kappa shape index (κ3) is 3.68. The van der Waals surface area contributed by atoms with Gasteiger partial charge in [0.1, 0.15) is 5.82 Å². The van der Waals surface area contributed by atoms with Gasteiger partial charge in [0, 0.05) is 16.1 Å². The van der Waals surface area contributed by atoms with Gasteiger partial charge in [-0.05, 0) is 35.9 Å². The molecule has 7 heteroatoms. The molecule has 0 saturated heterocycles. The average molecular weight is 392 g/mol. The van der Waals surface area contributed by atoms with Crippen LogP contribution in [0.25, 0.3) is 0 Å². The third-order valence-corrected chi connectivity index (χ3v) is 3.85. The Kier molecular flexibility index (Phi) is 4.71. The van der Waals surface area contributed by atoms with Crippen LogP contribution >= 0.6 is 15.9 Å². The number of aromatic nitrogens is 2. The van der Waals surface area contributed by atoms with Gasteiger partial charge in [-0.3, -0.25) is 4.79 Å². The highest BCUT2D eigenvalue weighted by Gasteiger charge is 2.12. The van der Waals surface area contributed by atoms with Crippen LogP contribution in [0.1, 0.15) is 15.9 Å². The van der Waals surface area contributed by atoms with Crippen LogP contribution < -0.4 is 5.32 Å². The summed E-state index contributed by atoms with van der Waals surface area (Å²) in [6.45, 7) is 0.458. The Bertz CT molecular complexity index is 895. The lowest BCUT2D eigenvalue weighted by molar-refractivity contribution is 0.102. The van der Waals surface area contributed by atoms with Crippen molar-refractivity contribution in [1.29, 1.82) is 0 Å². The van der Waals surface area contributed by atoms with Crippen LogP contribution in [0.5, 0.6) is 0 Å². The molecule has 0 aliphatic carbocycles. The number of benzene rings is 2. The summed E-state index contributed by atoms with van der Waals surface area (Å²) in [6, 6.07) is 12.3. The molecular formula is C17H12BrF2N3O. The van der Waals surface area contributed by atoms with E-state index in [4.69, 9.17) is 0 Å². The summed E-state index contributed by atoms with van der Waals surface area (Å²) >= 11 is 3.40. The van der Waals surface area contributed by atoms with E-state index in [-0.39, 0.29) is 5.56 Å². The maximum Gasteiger partial charge on any atom is 0.256 e. The molecule has 2 aromatic carbocycles. The van der Waals surface area contributed by atoms with E-state index >= 15 is 0 Å². The first kappa shape index (κ1) is 16.3. The first-order valence-corrected chi connectivity index (χ1v) is 7.85. The second-order valence-corrected chi connectivity index (χ2v) is 6.00. The highest BCUT2D eigenvalue weighted by molar-refractivity contribution is 9.10. The topological polar surface area (TPSA) is 46.9 Å². The van der Waals surface area contributed by atoms with Crippen LogP contribution in [0.4, 0.5) is 14.6 Å². The van der Waals surface area contributed by atoms with Gasteiger partial charge in [0.15, 0.2) is 11.6 Å². The maximum absolute atomic E-state index is 13.2. The summed E-state index contributed by atoms with van der Waals surface area (Å²) < 4.78 is 28.8. The number of carbonyl (C=O) groups is 1. The van der Waals surface area contributed by atoms with Crippen LogP contribution in [-0.4, -0.2) is 15.7 Å². The first-order chi connectivity index (χ1) is 11.5. The number of amides is 1. The summed E-state index contributed by atoms with van der Waals surface area (Å²) in [6.07, 6.45) is 1.55. The lowest BCUT2D eigenvalue weighted by Gasteiger charge is -2.09. The fourth-order valence-corrected chi connectivity index (χ4v) is 2.65. The van der Waals surface area contributed by atoms with E-state index in [1.54, 1.807) is 16.9 Å². The van der Waals surface area contributed by atoms with E-state index in [1.807, 2.05) is 24.3 Å².